The molecule has 0 saturated heterocycles. The topological polar surface area (TPSA) is 67.0 Å². The Kier molecular flexibility index (Phi) is 4.16. The fourth-order valence-electron chi connectivity index (χ4n) is 2.94. The molecule has 6 heteroatoms. The highest BCUT2D eigenvalue weighted by Crippen LogP contribution is 2.45. The van der Waals surface area contributed by atoms with Crippen LogP contribution < -0.4 is 10.1 Å². The number of aromatic nitrogens is 2. The van der Waals surface area contributed by atoms with Gasteiger partial charge in [-0.1, -0.05) is 18.2 Å². The predicted octanol–water partition coefficient (Wildman–Crippen LogP) is 4.35. The maximum atomic E-state index is 13.4. The Morgan fingerprint density at radius 3 is 2.77 bits per heavy atom. The molecule has 0 bridgehead atoms. The van der Waals surface area contributed by atoms with E-state index in [1.807, 2.05) is 24.3 Å². The second-order valence-corrected chi connectivity index (χ2v) is 6.33. The minimum atomic E-state index is -0.444. The van der Waals surface area contributed by atoms with Gasteiger partial charge < -0.3 is 10.1 Å². The molecule has 1 amide bonds. The van der Waals surface area contributed by atoms with Crippen molar-refractivity contribution in [2.45, 2.75) is 18.8 Å². The van der Waals surface area contributed by atoms with Crippen molar-refractivity contribution in [1.29, 1.82) is 0 Å². The van der Waals surface area contributed by atoms with Gasteiger partial charge in [0.25, 0.3) is 5.91 Å². The van der Waals surface area contributed by atoms with Crippen LogP contribution >= 0.6 is 0 Å². The van der Waals surface area contributed by atoms with Gasteiger partial charge in [0, 0.05) is 17.0 Å². The van der Waals surface area contributed by atoms with E-state index in [9.17, 15) is 9.18 Å². The van der Waals surface area contributed by atoms with E-state index in [0.717, 1.165) is 24.1 Å². The number of halogens is 1. The number of carbonyl (C=O) groups excluding carboxylic acids is 1. The fraction of sp³-hybridized carbons (Fsp3) is 0.200. The molecule has 0 spiro atoms. The number of benzene rings is 2. The van der Waals surface area contributed by atoms with Gasteiger partial charge in [-0.3, -0.25) is 9.89 Å². The number of methoxy groups -OCH3 is 1. The first-order valence-electron chi connectivity index (χ1n) is 8.45. The molecule has 4 rings (SSSR count). The van der Waals surface area contributed by atoms with Crippen LogP contribution in [-0.2, 0) is 0 Å². The van der Waals surface area contributed by atoms with Crippen molar-refractivity contribution in [3.63, 3.8) is 0 Å². The standard InChI is InChI=1S/C20H18FN3O2/c1-26-16-7-3-4-13(11-16)18-19(17(23-24-18)12-8-9-12)22-20(25)14-5-2-6-15(21)10-14/h2-7,10-12H,8-9H2,1H3,(H,22,25)(H,23,24). The van der Waals surface area contributed by atoms with Gasteiger partial charge in [-0.25, -0.2) is 4.39 Å². The molecule has 0 atom stereocenters. The van der Waals surface area contributed by atoms with Crippen LogP contribution in [0.1, 0.15) is 34.8 Å². The number of nitrogens with one attached hydrogen (secondary N) is 2. The molecule has 0 unspecified atom stereocenters. The normalized spacial score (nSPS) is 13.5. The number of H-pyrrole nitrogens is 1. The first-order chi connectivity index (χ1) is 12.7. The van der Waals surface area contributed by atoms with Gasteiger partial charge in [0.2, 0.25) is 0 Å². The Labute approximate surface area is 150 Å². The molecule has 2 N–H and O–H groups in total. The summed E-state index contributed by atoms with van der Waals surface area (Å²) in [7, 11) is 1.60. The van der Waals surface area contributed by atoms with Crippen molar-refractivity contribution < 1.29 is 13.9 Å². The maximum absolute atomic E-state index is 13.4. The minimum Gasteiger partial charge on any atom is -0.497 e. The van der Waals surface area contributed by atoms with Crippen LogP contribution in [0.5, 0.6) is 5.75 Å². The molecule has 0 radical (unpaired) electrons. The average Bonchev–Trinajstić information content (AvgIpc) is 3.42. The van der Waals surface area contributed by atoms with Gasteiger partial charge in [-0.05, 0) is 43.2 Å². The summed E-state index contributed by atoms with van der Waals surface area (Å²) < 4.78 is 18.7. The molecular weight excluding hydrogens is 333 g/mol. The number of anilines is 1. The van der Waals surface area contributed by atoms with Crippen LogP contribution in [0.2, 0.25) is 0 Å². The van der Waals surface area contributed by atoms with Crippen LogP contribution in [0.25, 0.3) is 11.3 Å². The van der Waals surface area contributed by atoms with E-state index in [-0.39, 0.29) is 11.5 Å². The van der Waals surface area contributed by atoms with Crippen molar-refractivity contribution in [2.24, 2.45) is 0 Å². The van der Waals surface area contributed by atoms with E-state index in [2.05, 4.69) is 15.5 Å². The smallest absolute Gasteiger partial charge is 0.255 e. The molecule has 5 nitrogen and oxygen atoms in total. The summed E-state index contributed by atoms with van der Waals surface area (Å²) in [6.45, 7) is 0. The summed E-state index contributed by atoms with van der Waals surface area (Å²) in [5, 5.41) is 10.4. The zero-order valence-corrected chi connectivity index (χ0v) is 14.3. The van der Waals surface area contributed by atoms with Gasteiger partial charge in [0.1, 0.15) is 17.3 Å². The summed E-state index contributed by atoms with van der Waals surface area (Å²) in [6.07, 6.45) is 2.12. The van der Waals surface area contributed by atoms with E-state index in [1.165, 1.54) is 18.2 Å². The fourth-order valence-corrected chi connectivity index (χ4v) is 2.94. The van der Waals surface area contributed by atoms with Crippen LogP contribution in [-0.4, -0.2) is 23.2 Å². The minimum absolute atomic E-state index is 0.268. The number of hydrogen-bond donors (Lipinski definition) is 2. The Balaban J connectivity index is 1.72. The maximum Gasteiger partial charge on any atom is 0.255 e. The number of rotatable bonds is 5. The summed E-state index contributed by atoms with van der Waals surface area (Å²) in [5.41, 5.74) is 3.31. The van der Waals surface area contributed by atoms with E-state index >= 15 is 0 Å². The third-order valence-electron chi connectivity index (χ3n) is 4.45. The lowest BCUT2D eigenvalue weighted by Gasteiger charge is -2.09. The van der Waals surface area contributed by atoms with Crippen LogP contribution in [0, 0.1) is 5.82 Å². The molecule has 132 valence electrons. The number of hydrogen-bond acceptors (Lipinski definition) is 3. The predicted molar refractivity (Wildman–Crippen MR) is 96.9 cm³/mol. The SMILES string of the molecule is COc1cccc(-c2n[nH]c(C3CC3)c2NC(=O)c2cccc(F)c2)c1. The highest BCUT2D eigenvalue weighted by Gasteiger charge is 2.31. The third kappa shape index (κ3) is 3.18. The monoisotopic (exact) mass is 351 g/mol. The molecule has 1 aromatic heterocycles. The lowest BCUT2D eigenvalue weighted by Crippen LogP contribution is -2.13. The van der Waals surface area contributed by atoms with Gasteiger partial charge in [0.15, 0.2) is 0 Å². The van der Waals surface area contributed by atoms with Crippen LogP contribution in [0.15, 0.2) is 48.5 Å². The highest BCUT2D eigenvalue weighted by atomic mass is 19.1. The lowest BCUT2D eigenvalue weighted by molar-refractivity contribution is 0.102. The van der Waals surface area contributed by atoms with Crippen molar-refractivity contribution in [1.82, 2.24) is 10.2 Å². The Morgan fingerprint density at radius 2 is 2.04 bits per heavy atom. The van der Waals surface area contributed by atoms with E-state index in [0.29, 0.717) is 23.0 Å². The molecular formula is C20H18FN3O2. The third-order valence-corrected chi connectivity index (χ3v) is 4.45. The molecule has 3 aromatic rings. The lowest BCUT2D eigenvalue weighted by atomic mass is 10.1. The molecule has 1 aliphatic rings. The van der Waals surface area contributed by atoms with Crippen molar-refractivity contribution in [2.75, 3.05) is 12.4 Å². The van der Waals surface area contributed by atoms with E-state index in [4.69, 9.17) is 4.74 Å². The first-order valence-corrected chi connectivity index (χ1v) is 8.45. The second-order valence-electron chi connectivity index (χ2n) is 6.33. The average molecular weight is 351 g/mol. The molecule has 26 heavy (non-hydrogen) atoms. The number of amides is 1. The zero-order valence-electron chi connectivity index (χ0n) is 14.3. The summed E-state index contributed by atoms with van der Waals surface area (Å²) >= 11 is 0. The van der Waals surface area contributed by atoms with E-state index < -0.39 is 5.82 Å². The molecule has 1 aliphatic carbocycles. The van der Waals surface area contributed by atoms with Crippen LogP contribution in [0.3, 0.4) is 0 Å². The summed E-state index contributed by atoms with van der Waals surface area (Å²) in [6, 6.07) is 13.1. The Hall–Kier alpha value is -3.15. The summed E-state index contributed by atoms with van der Waals surface area (Å²) in [5.74, 6) is 0.266. The number of ether oxygens (including phenoxy) is 1. The van der Waals surface area contributed by atoms with Gasteiger partial charge >= 0.3 is 0 Å². The number of aromatic amines is 1. The molecule has 2 aromatic carbocycles. The molecule has 0 aliphatic heterocycles. The molecule has 1 fully saturated rings. The van der Waals surface area contributed by atoms with Gasteiger partial charge in [-0.2, -0.15) is 5.10 Å². The molecule has 1 heterocycles. The quantitative estimate of drug-likeness (QED) is 0.718. The van der Waals surface area contributed by atoms with Crippen molar-refractivity contribution in [3.05, 3.63) is 65.6 Å². The van der Waals surface area contributed by atoms with Gasteiger partial charge in [-0.15, -0.1) is 0 Å². The van der Waals surface area contributed by atoms with E-state index in [1.54, 1.807) is 13.2 Å². The Bertz CT molecular complexity index is 963. The van der Waals surface area contributed by atoms with Crippen molar-refractivity contribution >= 4 is 11.6 Å². The van der Waals surface area contributed by atoms with Gasteiger partial charge in [0.05, 0.1) is 18.5 Å². The highest BCUT2D eigenvalue weighted by molar-refractivity contribution is 6.06. The van der Waals surface area contributed by atoms with Crippen molar-refractivity contribution in [3.8, 4) is 17.0 Å². The van der Waals surface area contributed by atoms with Crippen LogP contribution in [0.4, 0.5) is 10.1 Å². The largest absolute Gasteiger partial charge is 0.497 e. The first kappa shape index (κ1) is 16.3. The zero-order chi connectivity index (χ0) is 18.1. The number of carbonyl (C=O) groups is 1. The number of nitrogens with zero attached hydrogens (tertiary/aromatic N) is 1. The summed E-state index contributed by atoms with van der Waals surface area (Å²) in [4.78, 5) is 12.6. The molecule has 1 saturated carbocycles. The Morgan fingerprint density at radius 1 is 1.23 bits per heavy atom. The second kappa shape index (κ2) is 6.63.